The van der Waals surface area contributed by atoms with Crippen molar-refractivity contribution < 1.29 is 30.9 Å². The zero-order chi connectivity index (χ0) is 27.7. The molecule has 0 N–H and O–H groups in total. The van der Waals surface area contributed by atoms with E-state index in [0.29, 0.717) is 37.0 Å². The average molecular weight is 564 g/mol. The minimum absolute atomic E-state index is 0.0101. The molecule has 0 spiro atoms. The molecule has 1 unspecified atom stereocenters. The Morgan fingerprint density at radius 2 is 1.61 bits per heavy atom. The van der Waals surface area contributed by atoms with Gasteiger partial charge in [0.05, 0.1) is 16.3 Å². The van der Waals surface area contributed by atoms with Crippen molar-refractivity contribution in [1.29, 1.82) is 0 Å². The third-order valence-corrected chi connectivity index (χ3v) is 9.11. The summed E-state index contributed by atoms with van der Waals surface area (Å²) in [5.74, 6) is 0.932. The molecule has 0 bridgehead atoms. The van der Waals surface area contributed by atoms with E-state index in [4.69, 9.17) is 9.26 Å². The van der Waals surface area contributed by atoms with E-state index in [1.165, 1.54) is 35.6 Å². The molecular formula is C24H29N5O7S2. The number of amides is 1. The van der Waals surface area contributed by atoms with Gasteiger partial charge in [-0.05, 0) is 55.6 Å². The lowest BCUT2D eigenvalue weighted by Gasteiger charge is -2.23. The van der Waals surface area contributed by atoms with Crippen molar-refractivity contribution in [3.63, 3.8) is 0 Å². The number of rotatable bonds is 10. The zero-order valence-electron chi connectivity index (χ0n) is 21.4. The van der Waals surface area contributed by atoms with E-state index in [0.717, 1.165) is 11.8 Å². The zero-order valence-corrected chi connectivity index (χ0v) is 23.1. The van der Waals surface area contributed by atoms with Crippen molar-refractivity contribution >= 4 is 31.6 Å². The van der Waals surface area contributed by atoms with Crippen LogP contribution in [0.1, 0.15) is 5.89 Å². The second-order valence-corrected chi connectivity index (χ2v) is 13.2. The number of ether oxygens (including phenoxy) is 1. The van der Waals surface area contributed by atoms with Gasteiger partial charge >= 0.3 is 6.09 Å². The number of sulfonamides is 1. The maximum atomic E-state index is 12.9. The van der Waals surface area contributed by atoms with E-state index in [1.54, 1.807) is 36.1 Å². The van der Waals surface area contributed by atoms with Crippen LogP contribution < -0.4 is 4.90 Å². The third-order valence-electron chi connectivity index (χ3n) is 6.11. The quantitative estimate of drug-likeness (QED) is 0.359. The summed E-state index contributed by atoms with van der Waals surface area (Å²) >= 11 is 0. The molecule has 1 saturated heterocycles. The van der Waals surface area contributed by atoms with E-state index in [9.17, 15) is 21.6 Å². The summed E-state index contributed by atoms with van der Waals surface area (Å²) in [4.78, 5) is 20.2. The highest BCUT2D eigenvalue weighted by Gasteiger charge is 2.33. The molecule has 204 valence electrons. The number of hydrogen-bond donors (Lipinski definition) is 0. The van der Waals surface area contributed by atoms with Gasteiger partial charge in [-0.2, -0.15) is 9.29 Å². The number of aryl methyl sites for hydroxylation is 1. The molecular weight excluding hydrogens is 534 g/mol. The molecule has 14 heteroatoms. The summed E-state index contributed by atoms with van der Waals surface area (Å²) in [6.07, 6.45) is 0.217. The highest BCUT2D eigenvalue weighted by molar-refractivity contribution is 7.90. The molecule has 38 heavy (non-hydrogen) atoms. The molecule has 2 heterocycles. The highest BCUT2D eigenvalue weighted by Crippen LogP contribution is 2.25. The molecule has 0 radical (unpaired) electrons. The Morgan fingerprint density at radius 1 is 0.974 bits per heavy atom. The Balaban J connectivity index is 1.30. The van der Waals surface area contributed by atoms with E-state index >= 15 is 0 Å². The molecule has 0 saturated carbocycles. The summed E-state index contributed by atoms with van der Waals surface area (Å²) in [6.45, 7) is 3.06. The molecule has 4 rings (SSSR count). The molecule has 2 aromatic carbocycles. The number of benzene rings is 2. The molecule has 1 aliphatic heterocycles. The van der Waals surface area contributed by atoms with E-state index < -0.39 is 32.1 Å². The largest absolute Gasteiger partial charge is 0.443 e. The lowest BCUT2D eigenvalue weighted by molar-refractivity contribution is 0.116. The third kappa shape index (κ3) is 6.20. The molecule has 1 aromatic heterocycles. The van der Waals surface area contributed by atoms with E-state index in [2.05, 4.69) is 10.1 Å². The maximum Gasteiger partial charge on any atom is 0.414 e. The number of sulfone groups is 1. The van der Waals surface area contributed by atoms with Crippen LogP contribution in [0.2, 0.25) is 0 Å². The van der Waals surface area contributed by atoms with Crippen LogP contribution in [0.4, 0.5) is 10.5 Å². The van der Waals surface area contributed by atoms with Crippen LogP contribution >= 0.6 is 0 Å². The molecule has 1 amide bonds. The van der Waals surface area contributed by atoms with Gasteiger partial charge in [-0.1, -0.05) is 5.16 Å². The summed E-state index contributed by atoms with van der Waals surface area (Å²) in [6, 6.07) is 12.3. The summed E-state index contributed by atoms with van der Waals surface area (Å²) in [5, 5.41) is 3.89. The lowest BCUT2D eigenvalue weighted by atomic mass is 10.2. The minimum Gasteiger partial charge on any atom is -0.443 e. The Bertz CT molecular complexity index is 1500. The number of carbonyl (C=O) groups is 1. The number of hydrogen-bond acceptors (Lipinski definition) is 10. The Labute approximate surface area is 221 Å². The van der Waals surface area contributed by atoms with Gasteiger partial charge in [0.25, 0.3) is 0 Å². The molecule has 12 nitrogen and oxygen atoms in total. The van der Waals surface area contributed by atoms with Gasteiger partial charge in [0.2, 0.25) is 21.7 Å². The van der Waals surface area contributed by atoms with Gasteiger partial charge in [0, 0.05) is 51.1 Å². The number of cyclic esters (lactones) is 1. The van der Waals surface area contributed by atoms with Crippen molar-refractivity contribution in [2.75, 3.05) is 51.4 Å². The number of carbonyl (C=O) groups excluding carboxylic acids is 1. The first-order valence-electron chi connectivity index (χ1n) is 11.7. The second kappa shape index (κ2) is 10.8. The smallest absolute Gasteiger partial charge is 0.414 e. The molecule has 0 aliphatic carbocycles. The first-order chi connectivity index (χ1) is 17.8. The van der Waals surface area contributed by atoms with Crippen molar-refractivity contribution in [3.8, 4) is 11.4 Å². The Morgan fingerprint density at radius 3 is 2.18 bits per heavy atom. The maximum absolute atomic E-state index is 12.9. The van der Waals surface area contributed by atoms with Gasteiger partial charge < -0.3 is 14.2 Å². The van der Waals surface area contributed by atoms with Gasteiger partial charge in [0.1, 0.15) is 6.10 Å². The molecule has 1 fully saturated rings. The standard InChI is InChI=1S/C24H29N5O7S2/c1-17-25-23(26-36-17)18-5-7-19(8-6-18)29-16-20(35-24(29)30)15-27(2)13-14-28(3)38(33,34)22-11-9-21(10-12-22)37(4,31)32/h5-12,20H,13-16H2,1-4H3. The first-order valence-corrected chi connectivity index (χ1v) is 15.0. The van der Waals surface area contributed by atoms with Gasteiger partial charge in [-0.3, -0.25) is 4.90 Å². The summed E-state index contributed by atoms with van der Waals surface area (Å²) in [5.41, 5.74) is 1.44. The number of anilines is 1. The number of likely N-dealkylation sites (N-methyl/N-ethyl adjacent to an activating group) is 2. The van der Waals surface area contributed by atoms with Crippen LogP contribution in [0.15, 0.2) is 62.8 Å². The molecule has 1 aliphatic rings. The normalized spacial score (nSPS) is 16.4. The van der Waals surface area contributed by atoms with Crippen molar-refractivity contribution in [3.05, 3.63) is 54.4 Å². The summed E-state index contributed by atoms with van der Waals surface area (Å²) < 4.78 is 60.7. The van der Waals surface area contributed by atoms with Gasteiger partial charge in [-0.15, -0.1) is 0 Å². The van der Waals surface area contributed by atoms with Crippen LogP contribution in [-0.4, -0.2) is 94.9 Å². The Hall–Kier alpha value is -3.33. The number of nitrogens with zero attached hydrogens (tertiary/aromatic N) is 5. The fourth-order valence-electron chi connectivity index (χ4n) is 3.94. The fraction of sp³-hybridized carbons (Fsp3) is 0.375. The van der Waals surface area contributed by atoms with E-state index in [1.807, 2.05) is 11.9 Å². The van der Waals surface area contributed by atoms with Gasteiger partial charge in [0.15, 0.2) is 9.84 Å². The number of aromatic nitrogens is 2. The van der Waals surface area contributed by atoms with Crippen LogP contribution in [-0.2, 0) is 24.6 Å². The van der Waals surface area contributed by atoms with Crippen molar-refractivity contribution in [2.45, 2.75) is 22.8 Å². The second-order valence-electron chi connectivity index (χ2n) is 9.13. The molecule has 1 atom stereocenters. The topological polar surface area (TPSA) is 143 Å². The fourth-order valence-corrected chi connectivity index (χ4v) is 5.74. The van der Waals surface area contributed by atoms with Crippen LogP contribution in [0.25, 0.3) is 11.4 Å². The predicted molar refractivity (Wildman–Crippen MR) is 139 cm³/mol. The lowest BCUT2D eigenvalue weighted by Crippen LogP contribution is -2.38. The molecule has 3 aromatic rings. The van der Waals surface area contributed by atoms with Crippen molar-refractivity contribution in [2.24, 2.45) is 0 Å². The van der Waals surface area contributed by atoms with Crippen LogP contribution in [0.5, 0.6) is 0 Å². The van der Waals surface area contributed by atoms with Crippen LogP contribution in [0.3, 0.4) is 0 Å². The summed E-state index contributed by atoms with van der Waals surface area (Å²) in [7, 11) is -3.93. The first kappa shape index (κ1) is 27.7. The van der Waals surface area contributed by atoms with Crippen molar-refractivity contribution in [1.82, 2.24) is 19.3 Å². The van der Waals surface area contributed by atoms with Gasteiger partial charge in [-0.25, -0.2) is 21.6 Å². The predicted octanol–water partition coefficient (Wildman–Crippen LogP) is 2.03. The monoisotopic (exact) mass is 563 g/mol. The SMILES string of the molecule is Cc1nc(-c2ccc(N3CC(CN(C)CCN(C)S(=O)(=O)c4ccc(S(C)(=O)=O)cc4)OC3=O)cc2)no1. The highest BCUT2D eigenvalue weighted by atomic mass is 32.2. The average Bonchev–Trinajstić information content (AvgIpc) is 3.47. The van der Waals surface area contributed by atoms with E-state index in [-0.39, 0.29) is 16.3 Å². The minimum atomic E-state index is -3.80. The Kier molecular flexibility index (Phi) is 7.88. The van der Waals surface area contributed by atoms with Crippen LogP contribution in [0, 0.1) is 6.92 Å².